The van der Waals surface area contributed by atoms with E-state index in [1.54, 1.807) is 6.92 Å². The van der Waals surface area contributed by atoms with Gasteiger partial charge in [-0.05, 0) is 66.1 Å². The molecule has 3 rings (SSSR count). The predicted molar refractivity (Wildman–Crippen MR) is 126 cm³/mol. The number of amides is 2. The number of hydrogen-bond acceptors (Lipinski definition) is 4. The van der Waals surface area contributed by atoms with Gasteiger partial charge in [0.15, 0.2) is 0 Å². The first kappa shape index (κ1) is 26.6. The first-order chi connectivity index (χ1) is 16.4. The molecule has 0 spiro atoms. The molecule has 1 atom stereocenters. The maximum atomic E-state index is 13.7. The highest BCUT2D eigenvalue weighted by atomic mass is 35.5. The molecule has 1 aliphatic carbocycles. The van der Waals surface area contributed by atoms with Gasteiger partial charge < -0.3 is 5.11 Å². The van der Waals surface area contributed by atoms with E-state index in [1.165, 1.54) is 42.5 Å². The van der Waals surface area contributed by atoms with Crippen LogP contribution in [-0.2, 0) is 9.59 Å². The van der Waals surface area contributed by atoms with Crippen LogP contribution in [0.5, 0.6) is 0 Å². The van der Waals surface area contributed by atoms with E-state index in [0.29, 0.717) is 11.1 Å². The fourth-order valence-corrected chi connectivity index (χ4v) is 3.79. The van der Waals surface area contributed by atoms with Gasteiger partial charge in [-0.1, -0.05) is 53.6 Å². The van der Waals surface area contributed by atoms with Gasteiger partial charge in [0.25, 0.3) is 5.91 Å². The number of rotatable bonds is 7. The summed E-state index contributed by atoms with van der Waals surface area (Å²) in [6.45, 7) is 1.12. The van der Waals surface area contributed by atoms with E-state index < -0.39 is 30.4 Å². The highest BCUT2D eigenvalue weighted by Gasteiger charge is 2.39. The van der Waals surface area contributed by atoms with Crippen LogP contribution >= 0.6 is 23.2 Å². The number of carbonyl (C=O) groups is 2. The molecule has 0 bridgehead atoms. The molecular weight excluding hydrogens is 506 g/mol. The molecule has 1 unspecified atom stereocenters. The summed E-state index contributed by atoms with van der Waals surface area (Å²) in [5, 5.41) is 12.5. The minimum absolute atomic E-state index is 0.0845. The number of carbonyl (C=O) groups excluding carboxylic acids is 2. The third-order valence-electron chi connectivity index (χ3n) is 5.20. The Kier molecular flexibility index (Phi) is 8.45. The van der Waals surface area contributed by atoms with Crippen molar-refractivity contribution >= 4 is 47.0 Å². The average molecular weight is 527 g/mol. The Morgan fingerprint density at radius 2 is 1.80 bits per heavy atom. The van der Waals surface area contributed by atoms with Crippen LogP contribution in [0.15, 0.2) is 47.5 Å². The van der Waals surface area contributed by atoms with E-state index in [2.05, 4.69) is 15.8 Å². The Balaban J connectivity index is 1.69. The van der Waals surface area contributed by atoms with Gasteiger partial charge in [-0.3, -0.25) is 25.4 Å². The molecule has 0 aromatic heterocycles. The van der Waals surface area contributed by atoms with Crippen LogP contribution < -0.4 is 16.0 Å². The largest absolute Gasteiger partial charge is 0.858 e. The second-order valence-corrected chi connectivity index (χ2v) is 8.96. The SMILES string of the molecule is Cc1cc(/C=C/C(c2cc(Cl)cc(Cl)c2)C(F)(F)F)ccc1C([O-])=NCC(=O)NNC(=O)C1CC1. The second-order valence-electron chi connectivity index (χ2n) is 8.09. The molecule has 35 heavy (non-hydrogen) atoms. The third kappa shape index (κ3) is 7.73. The molecule has 2 aromatic carbocycles. The van der Waals surface area contributed by atoms with Crippen LogP contribution in [-0.4, -0.2) is 30.4 Å². The maximum Gasteiger partial charge on any atom is 0.399 e. The van der Waals surface area contributed by atoms with Crippen LogP contribution in [0, 0.1) is 12.8 Å². The molecule has 11 heteroatoms. The zero-order valence-electron chi connectivity index (χ0n) is 18.5. The number of aliphatic imine (C=N–C) groups is 1. The summed E-state index contributed by atoms with van der Waals surface area (Å²) < 4.78 is 41.0. The summed E-state index contributed by atoms with van der Waals surface area (Å²) in [7, 11) is 0. The zero-order valence-corrected chi connectivity index (χ0v) is 20.0. The Hall–Kier alpha value is -3.04. The lowest BCUT2D eigenvalue weighted by atomic mass is 9.96. The van der Waals surface area contributed by atoms with Crippen LogP contribution in [0.25, 0.3) is 6.08 Å². The van der Waals surface area contributed by atoms with Gasteiger partial charge in [0.2, 0.25) is 5.91 Å². The number of alkyl halides is 3. The summed E-state index contributed by atoms with van der Waals surface area (Å²) in [6, 6.07) is 8.19. The van der Waals surface area contributed by atoms with Crippen molar-refractivity contribution in [1.29, 1.82) is 0 Å². The van der Waals surface area contributed by atoms with Gasteiger partial charge in [0.05, 0.1) is 5.92 Å². The lowest BCUT2D eigenvalue weighted by Crippen LogP contribution is -2.43. The lowest BCUT2D eigenvalue weighted by molar-refractivity contribution is -0.213. The third-order valence-corrected chi connectivity index (χ3v) is 5.63. The molecule has 1 aliphatic rings. The van der Waals surface area contributed by atoms with Crippen molar-refractivity contribution in [1.82, 2.24) is 10.9 Å². The molecule has 0 aliphatic heterocycles. The van der Waals surface area contributed by atoms with Crippen molar-refractivity contribution in [3.8, 4) is 0 Å². The van der Waals surface area contributed by atoms with Crippen LogP contribution in [0.4, 0.5) is 13.2 Å². The number of hydrogen-bond donors (Lipinski definition) is 2. The molecule has 2 aromatic rings. The van der Waals surface area contributed by atoms with Gasteiger partial charge in [-0.15, -0.1) is 0 Å². The molecule has 0 saturated heterocycles. The summed E-state index contributed by atoms with van der Waals surface area (Å²) in [5.41, 5.74) is 5.46. The number of nitrogens with one attached hydrogen (secondary N) is 2. The van der Waals surface area contributed by atoms with Crippen LogP contribution in [0.2, 0.25) is 10.0 Å². The van der Waals surface area contributed by atoms with Gasteiger partial charge in [-0.25, -0.2) is 0 Å². The normalized spacial score (nSPS) is 15.2. The Bertz CT molecular complexity index is 1160. The molecular formula is C24H21Cl2F3N3O3-. The first-order valence-corrected chi connectivity index (χ1v) is 11.3. The molecule has 186 valence electrons. The molecule has 1 fully saturated rings. The Morgan fingerprint density at radius 3 is 2.37 bits per heavy atom. The summed E-state index contributed by atoms with van der Waals surface area (Å²) >= 11 is 11.7. The van der Waals surface area contributed by atoms with Crippen molar-refractivity contribution in [2.24, 2.45) is 10.9 Å². The van der Waals surface area contributed by atoms with Gasteiger partial charge in [0.1, 0.15) is 6.54 Å². The molecule has 6 nitrogen and oxygen atoms in total. The van der Waals surface area contributed by atoms with Crippen molar-refractivity contribution in [2.75, 3.05) is 6.54 Å². The molecule has 1 saturated carbocycles. The van der Waals surface area contributed by atoms with Gasteiger partial charge >= 0.3 is 6.18 Å². The van der Waals surface area contributed by atoms with Crippen molar-refractivity contribution in [2.45, 2.75) is 31.9 Å². The minimum Gasteiger partial charge on any atom is -0.858 e. The summed E-state index contributed by atoms with van der Waals surface area (Å²) in [6.07, 6.45) is -0.737. The number of halogens is 5. The number of allylic oxidation sites excluding steroid dienone is 1. The van der Waals surface area contributed by atoms with Crippen LogP contribution in [0.3, 0.4) is 0 Å². The molecule has 2 amide bonds. The quantitative estimate of drug-likeness (QED) is 0.319. The Labute approximate surface area is 209 Å². The lowest BCUT2D eigenvalue weighted by Gasteiger charge is -2.18. The van der Waals surface area contributed by atoms with Crippen molar-refractivity contribution in [3.63, 3.8) is 0 Å². The average Bonchev–Trinajstić information content (AvgIpc) is 3.60. The van der Waals surface area contributed by atoms with E-state index in [-0.39, 0.29) is 33.0 Å². The first-order valence-electron chi connectivity index (χ1n) is 10.6. The summed E-state index contributed by atoms with van der Waals surface area (Å²) in [5.74, 6) is -3.62. The minimum atomic E-state index is -4.58. The van der Waals surface area contributed by atoms with Crippen molar-refractivity contribution in [3.05, 3.63) is 74.8 Å². The number of nitrogens with zero attached hydrogens (tertiary/aromatic N) is 1. The van der Waals surface area contributed by atoms with E-state index in [9.17, 15) is 27.9 Å². The number of benzene rings is 2. The van der Waals surface area contributed by atoms with E-state index in [1.807, 2.05) is 0 Å². The fraction of sp³-hybridized carbons (Fsp3) is 0.292. The topological polar surface area (TPSA) is 93.6 Å². The number of aryl methyl sites for hydroxylation is 1. The fourth-order valence-electron chi connectivity index (χ4n) is 3.25. The van der Waals surface area contributed by atoms with E-state index >= 15 is 0 Å². The highest BCUT2D eigenvalue weighted by molar-refractivity contribution is 6.34. The van der Waals surface area contributed by atoms with Crippen LogP contribution in [0.1, 0.15) is 41.0 Å². The maximum absolute atomic E-state index is 13.7. The Morgan fingerprint density at radius 1 is 1.14 bits per heavy atom. The second kappa shape index (κ2) is 11.1. The molecule has 0 radical (unpaired) electrons. The van der Waals surface area contributed by atoms with Gasteiger partial charge in [0, 0.05) is 16.0 Å². The molecule has 2 N–H and O–H groups in total. The smallest absolute Gasteiger partial charge is 0.399 e. The highest BCUT2D eigenvalue weighted by Crippen LogP contribution is 2.38. The van der Waals surface area contributed by atoms with Gasteiger partial charge in [-0.2, -0.15) is 13.2 Å². The standard InChI is InChI=1S/C24H22Cl2F3N3O3/c1-13-8-14(3-7-20(24(27,28)29)16-9-17(25)11-18(26)10-16)2-6-19(13)23(35)30-12-21(33)31-32-22(34)15-4-5-15/h2-3,6-11,15,20H,4-5,12H2,1H3,(H,30,35)(H,31,33)(H,32,34)/p-1/b7-3+. The predicted octanol–water partition coefficient (Wildman–Crippen LogP) is 4.33. The van der Waals surface area contributed by atoms with Crippen molar-refractivity contribution < 1.29 is 27.9 Å². The van der Waals surface area contributed by atoms with E-state index in [0.717, 1.165) is 18.9 Å². The number of hydrazine groups is 1. The summed E-state index contributed by atoms with van der Waals surface area (Å²) in [4.78, 5) is 27.0. The zero-order chi connectivity index (χ0) is 25.8. The van der Waals surface area contributed by atoms with E-state index in [4.69, 9.17) is 23.2 Å². The monoisotopic (exact) mass is 526 g/mol. The molecule has 0 heterocycles.